The molecule has 7 heteroatoms. The Morgan fingerprint density at radius 1 is 1.20 bits per heavy atom. The third kappa shape index (κ3) is 4.35. The highest BCUT2D eigenvalue weighted by molar-refractivity contribution is 8.00. The highest BCUT2D eigenvalue weighted by atomic mass is 35.5. The standard InChI is InChI=1S/C23H19ClFN3OS/c1-28-12-11-26-23(28)22(16-7-2-8-17(25)13-16)27-20(29)14-30-19-10-4-6-15-5-3-9-18(24)21(15)19/h2-13,22H,14H2,1H3,(H,27,29). The van der Waals surface area contributed by atoms with E-state index in [1.807, 2.05) is 48.0 Å². The lowest BCUT2D eigenvalue weighted by atomic mass is 10.1. The monoisotopic (exact) mass is 439 g/mol. The van der Waals surface area contributed by atoms with Gasteiger partial charge in [-0.2, -0.15) is 0 Å². The molecule has 1 amide bonds. The number of nitrogens with zero attached hydrogens (tertiary/aromatic N) is 2. The quantitative estimate of drug-likeness (QED) is 0.411. The summed E-state index contributed by atoms with van der Waals surface area (Å²) in [5.74, 6) is 0.287. The van der Waals surface area contributed by atoms with Crippen molar-refractivity contribution in [3.63, 3.8) is 0 Å². The fourth-order valence-electron chi connectivity index (χ4n) is 3.37. The molecule has 1 aromatic heterocycles. The molecule has 0 saturated carbocycles. The van der Waals surface area contributed by atoms with Gasteiger partial charge >= 0.3 is 0 Å². The van der Waals surface area contributed by atoms with E-state index < -0.39 is 6.04 Å². The number of imidazole rings is 1. The molecule has 0 aliphatic heterocycles. The number of hydrogen-bond donors (Lipinski definition) is 1. The van der Waals surface area contributed by atoms with E-state index in [-0.39, 0.29) is 17.5 Å². The number of thioether (sulfide) groups is 1. The van der Waals surface area contributed by atoms with E-state index in [4.69, 9.17) is 11.6 Å². The van der Waals surface area contributed by atoms with Crippen molar-refractivity contribution in [3.05, 3.63) is 95.3 Å². The van der Waals surface area contributed by atoms with Crippen molar-refractivity contribution in [2.24, 2.45) is 7.05 Å². The first-order valence-electron chi connectivity index (χ1n) is 9.35. The van der Waals surface area contributed by atoms with E-state index in [1.54, 1.807) is 24.5 Å². The molecule has 0 aliphatic rings. The number of nitrogens with one attached hydrogen (secondary N) is 1. The maximum absolute atomic E-state index is 13.8. The molecule has 0 saturated heterocycles. The Bertz CT molecular complexity index is 1200. The Labute approximate surface area is 183 Å². The minimum Gasteiger partial charge on any atom is -0.341 e. The molecule has 30 heavy (non-hydrogen) atoms. The van der Waals surface area contributed by atoms with Crippen LogP contribution in [0.1, 0.15) is 17.4 Å². The summed E-state index contributed by atoms with van der Waals surface area (Å²) in [4.78, 5) is 18.1. The number of amides is 1. The summed E-state index contributed by atoms with van der Waals surface area (Å²) in [7, 11) is 1.84. The van der Waals surface area contributed by atoms with Gasteiger partial charge in [-0.05, 0) is 35.2 Å². The van der Waals surface area contributed by atoms with Crippen molar-refractivity contribution in [2.45, 2.75) is 10.9 Å². The van der Waals surface area contributed by atoms with Gasteiger partial charge in [0.1, 0.15) is 17.7 Å². The number of benzene rings is 3. The molecule has 152 valence electrons. The van der Waals surface area contributed by atoms with Gasteiger partial charge in [-0.25, -0.2) is 9.37 Å². The fourth-order valence-corrected chi connectivity index (χ4v) is 4.62. The Morgan fingerprint density at radius 2 is 1.97 bits per heavy atom. The van der Waals surface area contributed by atoms with Gasteiger partial charge in [0.05, 0.1) is 5.75 Å². The SMILES string of the molecule is Cn1ccnc1C(NC(=O)CSc1cccc2cccc(Cl)c12)c1cccc(F)c1. The number of rotatable bonds is 6. The van der Waals surface area contributed by atoms with Crippen LogP contribution in [0.2, 0.25) is 5.02 Å². The molecule has 1 heterocycles. The molecule has 1 unspecified atom stereocenters. The number of fused-ring (bicyclic) bond motifs is 1. The van der Waals surface area contributed by atoms with Crippen molar-refractivity contribution in [1.29, 1.82) is 0 Å². The number of carbonyl (C=O) groups excluding carboxylic acids is 1. The Morgan fingerprint density at radius 3 is 2.70 bits per heavy atom. The largest absolute Gasteiger partial charge is 0.341 e. The summed E-state index contributed by atoms with van der Waals surface area (Å²) in [5.41, 5.74) is 0.635. The van der Waals surface area contributed by atoms with Crippen LogP contribution >= 0.6 is 23.4 Å². The number of halogens is 2. The van der Waals surface area contributed by atoms with Gasteiger partial charge in [0, 0.05) is 34.7 Å². The maximum Gasteiger partial charge on any atom is 0.231 e. The van der Waals surface area contributed by atoms with Gasteiger partial charge in [0.25, 0.3) is 0 Å². The zero-order valence-electron chi connectivity index (χ0n) is 16.2. The molecule has 0 radical (unpaired) electrons. The lowest BCUT2D eigenvalue weighted by Gasteiger charge is -2.19. The van der Waals surface area contributed by atoms with Crippen LogP contribution in [0, 0.1) is 5.82 Å². The van der Waals surface area contributed by atoms with E-state index in [9.17, 15) is 9.18 Å². The normalized spacial score (nSPS) is 12.1. The van der Waals surface area contributed by atoms with E-state index in [1.165, 1.54) is 23.9 Å². The van der Waals surface area contributed by atoms with Crippen LogP contribution in [0.15, 0.2) is 78.0 Å². The Hall–Kier alpha value is -2.83. The van der Waals surface area contributed by atoms with Crippen LogP contribution in [0.25, 0.3) is 10.8 Å². The summed E-state index contributed by atoms with van der Waals surface area (Å²) < 4.78 is 15.6. The topological polar surface area (TPSA) is 46.9 Å². The smallest absolute Gasteiger partial charge is 0.231 e. The second kappa shape index (κ2) is 8.90. The van der Waals surface area contributed by atoms with Gasteiger partial charge < -0.3 is 9.88 Å². The molecule has 1 N–H and O–H groups in total. The second-order valence-corrected chi connectivity index (χ2v) is 8.26. The summed E-state index contributed by atoms with van der Waals surface area (Å²) in [6.45, 7) is 0. The average molecular weight is 440 g/mol. The molecule has 1 atom stereocenters. The minimum atomic E-state index is -0.551. The predicted molar refractivity (Wildman–Crippen MR) is 119 cm³/mol. The predicted octanol–water partition coefficient (Wildman–Crippen LogP) is 5.36. The van der Waals surface area contributed by atoms with Crippen molar-refractivity contribution in [1.82, 2.24) is 14.9 Å². The minimum absolute atomic E-state index is 0.179. The molecule has 4 aromatic rings. The maximum atomic E-state index is 13.8. The van der Waals surface area contributed by atoms with E-state index in [0.717, 1.165) is 15.7 Å². The third-order valence-electron chi connectivity index (χ3n) is 4.78. The lowest BCUT2D eigenvalue weighted by molar-refractivity contribution is -0.119. The van der Waals surface area contributed by atoms with Gasteiger partial charge in [-0.15, -0.1) is 11.8 Å². The molecule has 4 nitrogen and oxygen atoms in total. The average Bonchev–Trinajstić information content (AvgIpc) is 3.16. The highest BCUT2D eigenvalue weighted by Gasteiger charge is 2.21. The van der Waals surface area contributed by atoms with Crippen molar-refractivity contribution in [3.8, 4) is 0 Å². The van der Waals surface area contributed by atoms with Crippen LogP contribution in [0.3, 0.4) is 0 Å². The summed E-state index contributed by atoms with van der Waals surface area (Å²) >= 11 is 7.80. The zero-order valence-corrected chi connectivity index (χ0v) is 17.8. The number of hydrogen-bond acceptors (Lipinski definition) is 3. The molecular formula is C23H19ClFN3OS. The van der Waals surface area contributed by atoms with Gasteiger partial charge in [0.15, 0.2) is 0 Å². The molecule has 4 rings (SSSR count). The highest BCUT2D eigenvalue weighted by Crippen LogP contribution is 2.33. The van der Waals surface area contributed by atoms with Crippen LogP contribution < -0.4 is 5.32 Å². The van der Waals surface area contributed by atoms with E-state index in [0.29, 0.717) is 16.4 Å². The van der Waals surface area contributed by atoms with Gasteiger partial charge in [-0.3, -0.25) is 4.79 Å². The summed E-state index contributed by atoms with van der Waals surface area (Å²) in [6.07, 6.45) is 3.45. The summed E-state index contributed by atoms with van der Waals surface area (Å²) in [6, 6.07) is 17.3. The number of aromatic nitrogens is 2. The molecule has 3 aromatic carbocycles. The van der Waals surface area contributed by atoms with Gasteiger partial charge in [-0.1, -0.05) is 48.0 Å². The number of carbonyl (C=O) groups is 1. The molecule has 0 aliphatic carbocycles. The van der Waals surface area contributed by atoms with E-state index >= 15 is 0 Å². The second-order valence-electron chi connectivity index (χ2n) is 6.83. The first-order valence-corrected chi connectivity index (χ1v) is 10.7. The van der Waals surface area contributed by atoms with Crippen LogP contribution in [-0.2, 0) is 11.8 Å². The fraction of sp³-hybridized carbons (Fsp3) is 0.130. The van der Waals surface area contributed by atoms with Gasteiger partial charge in [0.2, 0.25) is 5.91 Å². The van der Waals surface area contributed by atoms with Crippen molar-refractivity contribution >= 4 is 40.0 Å². The lowest BCUT2D eigenvalue weighted by Crippen LogP contribution is -2.32. The van der Waals surface area contributed by atoms with E-state index in [2.05, 4.69) is 10.3 Å². The number of aryl methyl sites for hydroxylation is 1. The van der Waals surface area contributed by atoms with Crippen molar-refractivity contribution < 1.29 is 9.18 Å². The van der Waals surface area contributed by atoms with Crippen LogP contribution in [0.5, 0.6) is 0 Å². The first kappa shape index (κ1) is 20.4. The molecular weight excluding hydrogens is 421 g/mol. The first-order chi connectivity index (χ1) is 14.5. The molecule has 0 bridgehead atoms. The molecule has 0 fully saturated rings. The van der Waals surface area contributed by atoms with Crippen LogP contribution in [-0.4, -0.2) is 21.2 Å². The molecule has 0 spiro atoms. The Kier molecular flexibility index (Phi) is 6.06. The van der Waals surface area contributed by atoms with Crippen molar-refractivity contribution in [2.75, 3.05) is 5.75 Å². The summed E-state index contributed by atoms with van der Waals surface area (Å²) in [5, 5.41) is 5.61. The van der Waals surface area contributed by atoms with Crippen LogP contribution in [0.4, 0.5) is 4.39 Å². The zero-order chi connectivity index (χ0) is 21.1. The third-order valence-corrected chi connectivity index (χ3v) is 6.15. The Balaban J connectivity index is 1.55.